The molecule has 0 aliphatic rings. The Balaban J connectivity index is 2.35. The van der Waals surface area contributed by atoms with Crippen molar-refractivity contribution in [1.29, 1.82) is 0 Å². The number of aromatic nitrogens is 2. The number of nitrogens with zero attached hydrogens (tertiary/aromatic N) is 3. The molecule has 0 saturated heterocycles. The third kappa shape index (κ3) is 2.83. The lowest BCUT2D eigenvalue weighted by Gasteiger charge is -2.11. The average Bonchev–Trinajstić information content (AvgIpc) is 2.56. The molecule has 116 valence electrons. The molecule has 1 aromatic carbocycles. The average molecular weight is 327 g/mol. The SMILES string of the molecule is CSCc1cc2cccnc2n(-c2cccc([N+](=O)[O-])c2)c1=O. The van der Waals surface area contributed by atoms with Gasteiger partial charge in [0.05, 0.1) is 10.6 Å². The molecule has 0 bridgehead atoms. The highest BCUT2D eigenvalue weighted by atomic mass is 32.2. The Hall–Kier alpha value is -2.67. The second-order valence-corrected chi connectivity index (χ2v) is 5.80. The van der Waals surface area contributed by atoms with Gasteiger partial charge < -0.3 is 0 Å². The number of non-ortho nitro benzene ring substituents is 1. The van der Waals surface area contributed by atoms with Crippen molar-refractivity contribution >= 4 is 28.5 Å². The summed E-state index contributed by atoms with van der Waals surface area (Å²) < 4.78 is 1.44. The fourth-order valence-electron chi connectivity index (χ4n) is 2.44. The van der Waals surface area contributed by atoms with Crippen molar-refractivity contribution in [2.75, 3.05) is 6.26 Å². The van der Waals surface area contributed by atoms with Crippen LogP contribution in [-0.4, -0.2) is 20.7 Å². The van der Waals surface area contributed by atoms with Crippen LogP contribution in [0.3, 0.4) is 0 Å². The molecule has 0 spiro atoms. The van der Waals surface area contributed by atoms with Crippen LogP contribution in [0.15, 0.2) is 53.5 Å². The van der Waals surface area contributed by atoms with Crippen molar-refractivity contribution in [2.45, 2.75) is 5.75 Å². The van der Waals surface area contributed by atoms with E-state index >= 15 is 0 Å². The fraction of sp³-hybridized carbons (Fsp3) is 0.125. The summed E-state index contributed by atoms with van der Waals surface area (Å²) in [5.41, 5.74) is 1.31. The molecule has 0 radical (unpaired) electrons. The van der Waals surface area contributed by atoms with E-state index in [1.807, 2.05) is 18.4 Å². The molecular formula is C16H13N3O3S. The zero-order valence-corrected chi connectivity index (χ0v) is 13.1. The van der Waals surface area contributed by atoms with Gasteiger partial charge in [-0.1, -0.05) is 6.07 Å². The van der Waals surface area contributed by atoms with Crippen LogP contribution in [0.2, 0.25) is 0 Å². The minimum Gasteiger partial charge on any atom is -0.269 e. The summed E-state index contributed by atoms with van der Waals surface area (Å²) >= 11 is 1.55. The normalized spacial score (nSPS) is 10.8. The molecule has 0 aliphatic carbocycles. The zero-order valence-electron chi connectivity index (χ0n) is 12.3. The number of nitro benzene ring substituents is 1. The topological polar surface area (TPSA) is 78.0 Å². The highest BCUT2D eigenvalue weighted by Crippen LogP contribution is 2.20. The van der Waals surface area contributed by atoms with E-state index in [1.165, 1.54) is 16.7 Å². The van der Waals surface area contributed by atoms with Gasteiger partial charge in [-0.2, -0.15) is 11.8 Å². The first-order valence-electron chi connectivity index (χ1n) is 6.85. The predicted octanol–water partition coefficient (Wildman–Crippen LogP) is 3.16. The number of nitro groups is 1. The Kier molecular flexibility index (Phi) is 4.12. The molecule has 3 rings (SSSR count). The van der Waals surface area contributed by atoms with Crippen molar-refractivity contribution in [2.24, 2.45) is 0 Å². The van der Waals surface area contributed by atoms with E-state index < -0.39 is 4.92 Å². The fourth-order valence-corrected chi connectivity index (χ4v) is 2.96. The molecule has 2 aromatic heterocycles. The monoisotopic (exact) mass is 327 g/mol. The third-order valence-electron chi connectivity index (χ3n) is 3.43. The van der Waals surface area contributed by atoms with Gasteiger partial charge in [0, 0.05) is 35.0 Å². The molecule has 0 fully saturated rings. The zero-order chi connectivity index (χ0) is 16.4. The quantitative estimate of drug-likeness (QED) is 0.543. The molecule has 23 heavy (non-hydrogen) atoms. The van der Waals surface area contributed by atoms with E-state index in [-0.39, 0.29) is 11.2 Å². The summed E-state index contributed by atoms with van der Waals surface area (Å²) in [6, 6.07) is 11.5. The summed E-state index contributed by atoms with van der Waals surface area (Å²) in [5.74, 6) is 0.568. The smallest absolute Gasteiger partial charge is 0.269 e. The molecular weight excluding hydrogens is 314 g/mol. The molecule has 0 amide bonds. The lowest BCUT2D eigenvalue weighted by atomic mass is 10.2. The number of fused-ring (bicyclic) bond motifs is 1. The first kappa shape index (κ1) is 15.2. The van der Waals surface area contributed by atoms with Gasteiger partial charge in [-0.25, -0.2) is 4.98 Å². The second-order valence-electron chi connectivity index (χ2n) is 4.94. The lowest BCUT2D eigenvalue weighted by molar-refractivity contribution is -0.384. The van der Waals surface area contributed by atoms with Gasteiger partial charge in [0.1, 0.15) is 5.65 Å². The van der Waals surface area contributed by atoms with Crippen molar-refractivity contribution in [3.8, 4) is 5.69 Å². The summed E-state index contributed by atoms with van der Waals surface area (Å²) in [5, 5.41) is 11.8. The number of hydrogen-bond donors (Lipinski definition) is 0. The number of hydrogen-bond acceptors (Lipinski definition) is 5. The molecule has 0 saturated carbocycles. The minimum atomic E-state index is -0.476. The minimum absolute atomic E-state index is 0.0613. The van der Waals surface area contributed by atoms with E-state index in [0.29, 0.717) is 22.7 Å². The van der Waals surface area contributed by atoms with Crippen molar-refractivity contribution in [3.63, 3.8) is 0 Å². The predicted molar refractivity (Wildman–Crippen MR) is 91.2 cm³/mol. The van der Waals surface area contributed by atoms with Gasteiger partial charge in [0.25, 0.3) is 11.2 Å². The molecule has 7 heteroatoms. The molecule has 3 aromatic rings. The molecule has 6 nitrogen and oxygen atoms in total. The summed E-state index contributed by atoms with van der Waals surface area (Å²) in [7, 11) is 0. The standard InChI is InChI=1S/C16H13N3O3S/c1-23-10-12-8-11-4-3-7-17-15(11)18(16(12)20)13-5-2-6-14(9-13)19(21)22/h2-9H,10H2,1H3. The van der Waals surface area contributed by atoms with Gasteiger partial charge in [-0.15, -0.1) is 0 Å². The van der Waals surface area contributed by atoms with Crippen LogP contribution in [0.4, 0.5) is 5.69 Å². The van der Waals surface area contributed by atoms with Gasteiger partial charge >= 0.3 is 0 Å². The van der Waals surface area contributed by atoms with Crippen molar-refractivity contribution in [3.05, 3.63) is 74.7 Å². The van der Waals surface area contributed by atoms with Crippen LogP contribution >= 0.6 is 11.8 Å². The molecule has 2 heterocycles. The van der Waals surface area contributed by atoms with E-state index in [9.17, 15) is 14.9 Å². The maximum absolute atomic E-state index is 12.8. The third-order valence-corrected chi connectivity index (χ3v) is 4.03. The second kappa shape index (κ2) is 6.21. The molecule has 0 atom stereocenters. The van der Waals surface area contributed by atoms with Gasteiger partial charge in [0.2, 0.25) is 0 Å². The number of pyridine rings is 2. The Morgan fingerprint density at radius 1 is 1.26 bits per heavy atom. The van der Waals surface area contributed by atoms with Crippen LogP contribution in [0.5, 0.6) is 0 Å². The van der Waals surface area contributed by atoms with Gasteiger partial charge in [0.15, 0.2) is 0 Å². The first-order valence-corrected chi connectivity index (χ1v) is 8.24. The van der Waals surface area contributed by atoms with Crippen LogP contribution in [0.1, 0.15) is 5.56 Å². The van der Waals surface area contributed by atoms with Gasteiger partial charge in [-0.05, 0) is 30.5 Å². The maximum atomic E-state index is 12.8. The largest absolute Gasteiger partial charge is 0.271 e. The molecule has 0 unspecified atom stereocenters. The van der Waals surface area contributed by atoms with E-state index in [1.54, 1.807) is 36.2 Å². The Labute approximate surface area is 135 Å². The molecule has 0 N–H and O–H groups in total. The van der Waals surface area contributed by atoms with Crippen LogP contribution < -0.4 is 5.56 Å². The van der Waals surface area contributed by atoms with Crippen LogP contribution in [0, 0.1) is 10.1 Å². The number of benzene rings is 1. The molecule has 0 aliphatic heterocycles. The summed E-state index contributed by atoms with van der Waals surface area (Å²) in [6.07, 6.45) is 3.52. The van der Waals surface area contributed by atoms with Crippen molar-refractivity contribution in [1.82, 2.24) is 9.55 Å². The summed E-state index contributed by atoms with van der Waals surface area (Å²) in [6.45, 7) is 0. The van der Waals surface area contributed by atoms with E-state index in [4.69, 9.17) is 0 Å². The number of rotatable bonds is 4. The summed E-state index contributed by atoms with van der Waals surface area (Å²) in [4.78, 5) is 27.6. The maximum Gasteiger partial charge on any atom is 0.271 e. The van der Waals surface area contributed by atoms with Crippen molar-refractivity contribution < 1.29 is 4.92 Å². The highest BCUT2D eigenvalue weighted by Gasteiger charge is 2.14. The highest BCUT2D eigenvalue weighted by molar-refractivity contribution is 7.97. The Morgan fingerprint density at radius 3 is 2.83 bits per heavy atom. The first-order chi connectivity index (χ1) is 11.1. The van der Waals surface area contributed by atoms with E-state index in [2.05, 4.69) is 4.98 Å². The van der Waals surface area contributed by atoms with Crippen LogP contribution in [0.25, 0.3) is 16.7 Å². The number of thioether (sulfide) groups is 1. The van der Waals surface area contributed by atoms with Crippen LogP contribution in [-0.2, 0) is 5.75 Å². The Bertz CT molecular complexity index is 953. The Morgan fingerprint density at radius 2 is 2.09 bits per heavy atom. The van der Waals surface area contributed by atoms with E-state index in [0.717, 1.165) is 5.39 Å². The van der Waals surface area contributed by atoms with Gasteiger partial charge in [-0.3, -0.25) is 19.5 Å². The lowest BCUT2D eigenvalue weighted by Crippen LogP contribution is -2.23.